The number of H-pyrrole nitrogens is 1. The first-order chi connectivity index (χ1) is 11.8. The minimum absolute atomic E-state index is 0.0258. The number of nitrogens with one attached hydrogen (secondary N) is 1. The summed E-state index contributed by atoms with van der Waals surface area (Å²) in [7, 11) is 0. The Hall–Kier alpha value is -3.15. The summed E-state index contributed by atoms with van der Waals surface area (Å²) in [6, 6.07) is 16.8. The standard InChI is InChI=1S/C18H16N4O2/c23-18(22-10-9-16-17(12-22)20-21-19-16)13-5-4-8-15(11-13)24-14-6-2-1-3-7-14/h1-8,11H,9-10,12H2,(H,19,20,21). The van der Waals surface area contributed by atoms with Crippen LogP contribution in [0, 0.1) is 0 Å². The molecule has 3 aromatic rings. The van der Waals surface area contributed by atoms with Gasteiger partial charge in [0.1, 0.15) is 17.2 Å². The quantitative estimate of drug-likeness (QED) is 0.805. The number of aromatic nitrogens is 3. The number of carbonyl (C=O) groups excluding carboxylic acids is 1. The van der Waals surface area contributed by atoms with Gasteiger partial charge in [-0.05, 0) is 30.3 Å². The molecule has 0 spiro atoms. The van der Waals surface area contributed by atoms with Gasteiger partial charge in [-0.25, -0.2) is 0 Å². The maximum atomic E-state index is 12.7. The first-order valence-electron chi connectivity index (χ1n) is 7.80. The van der Waals surface area contributed by atoms with E-state index in [1.807, 2.05) is 42.5 Å². The molecule has 1 N–H and O–H groups in total. The lowest BCUT2D eigenvalue weighted by atomic mass is 10.1. The topological polar surface area (TPSA) is 71.1 Å². The van der Waals surface area contributed by atoms with E-state index in [1.165, 1.54) is 0 Å². The third kappa shape index (κ3) is 2.86. The molecule has 24 heavy (non-hydrogen) atoms. The van der Waals surface area contributed by atoms with E-state index in [2.05, 4.69) is 15.4 Å². The number of ether oxygens (including phenoxy) is 1. The van der Waals surface area contributed by atoms with E-state index in [9.17, 15) is 4.79 Å². The van der Waals surface area contributed by atoms with Crippen LogP contribution in [0.3, 0.4) is 0 Å². The van der Waals surface area contributed by atoms with Gasteiger partial charge in [0.25, 0.3) is 5.91 Å². The minimum atomic E-state index is -0.0258. The van der Waals surface area contributed by atoms with Crippen LogP contribution in [0.1, 0.15) is 21.7 Å². The van der Waals surface area contributed by atoms with Crippen molar-refractivity contribution in [2.75, 3.05) is 6.54 Å². The fourth-order valence-electron chi connectivity index (χ4n) is 2.78. The molecule has 1 aliphatic rings. The number of carbonyl (C=O) groups is 1. The highest BCUT2D eigenvalue weighted by Crippen LogP contribution is 2.23. The molecule has 0 fully saturated rings. The molecule has 6 nitrogen and oxygen atoms in total. The van der Waals surface area contributed by atoms with Gasteiger partial charge in [-0.1, -0.05) is 24.3 Å². The molecule has 2 heterocycles. The molecule has 0 saturated carbocycles. The number of hydrogen-bond acceptors (Lipinski definition) is 4. The van der Waals surface area contributed by atoms with E-state index in [1.54, 1.807) is 17.0 Å². The van der Waals surface area contributed by atoms with Crippen LogP contribution in [0.4, 0.5) is 0 Å². The van der Waals surface area contributed by atoms with Crippen LogP contribution in [-0.4, -0.2) is 32.8 Å². The molecule has 120 valence electrons. The summed E-state index contributed by atoms with van der Waals surface area (Å²) < 4.78 is 5.80. The number of hydrogen-bond donors (Lipinski definition) is 1. The summed E-state index contributed by atoms with van der Waals surface area (Å²) in [5.41, 5.74) is 2.39. The lowest BCUT2D eigenvalue weighted by Gasteiger charge is -2.25. The average Bonchev–Trinajstić information content (AvgIpc) is 3.10. The summed E-state index contributed by atoms with van der Waals surface area (Å²) in [5.74, 6) is 1.36. The third-order valence-electron chi connectivity index (χ3n) is 4.01. The zero-order valence-corrected chi connectivity index (χ0v) is 13.0. The van der Waals surface area contributed by atoms with Gasteiger partial charge in [-0.15, -0.1) is 0 Å². The van der Waals surface area contributed by atoms with E-state index in [0.29, 0.717) is 24.4 Å². The lowest BCUT2D eigenvalue weighted by molar-refractivity contribution is 0.0731. The molecule has 1 amide bonds. The van der Waals surface area contributed by atoms with Crippen molar-refractivity contribution in [1.29, 1.82) is 0 Å². The maximum absolute atomic E-state index is 12.7. The smallest absolute Gasteiger partial charge is 0.254 e. The number of aromatic amines is 1. The average molecular weight is 320 g/mol. The fraction of sp³-hybridized carbons (Fsp3) is 0.167. The van der Waals surface area contributed by atoms with Crippen molar-refractivity contribution in [3.8, 4) is 11.5 Å². The molecular weight excluding hydrogens is 304 g/mol. The molecule has 4 rings (SSSR count). The van der Waals surface area contributed by atoms with Gasteiger partial charge in [0.05, 0.1) is 12.2 Å². The second-order valence-corrected chi connectivity index (χ2v) is 5.64. The van der Waals surface area contributed by atoms with Crippen molar-refractivity contribution in [2.24, 2.45) is 0 Å². The first kappa shape index (κ1) is 14.4. The highest BCUT2D eigenvalue weighted by molar-refractivity contribution is 5.94. The van der Waals surface area contributed by atoms with E-state index in [0.717, 1.165) is 23.6 Å². The summed E-state index contributed by atoms with van der Waals surface area (Å²) in [4.78, 5) is 14.5. The van der Waals surface area contributed by atoms with Crippen molar-refractivity contribution < 1.29 is 9.53 Å². The Kier molecular flexibility index (Phi) is 3.70. The second-order valence-electron chi connectivity index (χ2n) is 5.64. The summed E-state index contributed by atoms with van der Waals surface area (Å²) in [6.07, 6.45) is 0.720. The van der Waals surface area contributed by atoms with Crippen LogP contribution >= 0.6 is 0 Å². The van der Waals surface area contributed by atoms with Crippen molar-refractivity contribution in [3.63, 3.8) is 0 Å². The van der Waals surface area contributed by atoms with E-state index in [4.69, 9.17) is 4.74 Å². The van der Waals surface area contributed by atoms with Gasteiger partial charge in [0.15, 0.2) is 0 Å². The monoisotopic (exact) mass is 320 g/mol. The van der Waals surface area contributed by atoms with Gasteiger partial charge in [-0.2, -0.15) is 15.4 Å². The zero-order chi connectivity index (χ0) is 16.4. The third-order valence-corrected chi connectivity index (χ3v) is 4.01. The van der Waals surface area contributed by atoms with Gasteiger partial charge >= 0.3 is 0 Å². The van der Waals surface area contributed by atoms with Gasteiger partial charge < -0.3 is 9.64 Å². The van der Waals surface area contributed by atoms with Crippen molar-refractivity contribution >= 4 is 5.91 Å². The SMILES string of the molecule is O=C(c1cccc(Oc2ccccc2)c1)N1CCc2n[nH]nc2C1. The second kappa shape index (κ2) is 6.16. The predicted molar refractivity (Wildman–Crippen MR) is 87.8 cm³/mol. The van der Waals surface area contributed by atoms with Crippen LogP contribution in [0.2, 0.25) is 0 Å². The number of benzene rings is 2. The largest absolute Gasteiger partial charge is 0.457 e. The number of amides is 1. The van der Waals surface area contributed by atoms with Crippen molar-refractivity contribution in [2.45, 2.75) is 13.0 Å². The lowest BCUT2D eigenvalue weighted by Crippen LogP contribution is -2.36. The molecule has 0 radical (unpaired) electrons. The van der Waals surface area contributed by atoms with Crippen LogP contribution in [0.15, 0.2) is 54.6 Å². The van der Waals surface area contributed by atoms with Crippen molar-refractivity contribution in [3.05, 3.63) is 71.5 Å². The molecule has 0 unspecified atom stereocenters. The summed E-state index contributed by atoms with van der Waals surface area (Å²) in [6.45, 7) is 1.12. The van der Waals surface area contributed by atoms with Crippen LogP contribution in [0.25, 0.3) is 0 Å². The highest BCUT2D eigenvalue weighted by atomic mass is 16.5. The van der Waals surface area contributed by atoms with Crippen LogP contribution < -0.4 is 4.74 Å². The van der Waals surface area contributed by atoms with Gasteiger partial charge in [0.2, 0.25) is 0 Å². The zero-order valence-electron chi connectivity index (χ0n) is 13.0. The first-order valence-corrected chi connectivity index (χ1v) is 7.80. The maximum Gasteiger partial charge on any atom is 0.254 e. The van der Waals surface area contributed by atoms with Crippen LogP contribution in [-0.2, 0) is 13.0 Å². The molecule has 6 heteroatoms. The molecule has 0 bridgehead atoms. The van der Waals surface area contributed by atoms with Crippen molar-refractivity contribution in [1.82, 2.24) is 20.3 Å². The molecule has 1 aromatic heterocycles. The van der Waals surface area contributed by atoms with Crippen LogP contribution in [0.5, 0.6) is 11.5 Å². The molecule has 1 aliphatic heterocycles. The van der Waals surface area contributed by atoms with E-state index < -0.39 is 0 Å². The molecule has 0 aliphatic carbocycles. The Labute approximate surface area is 139 Å². The Bertz CT molecular complexity index is 860. The highest BCUT2D eigenvalue weighted by Gasteiger charge is 2.24. The predicted octanol–water partition coefficient (Wildman–Crippen LogP) is 2.80. The van der Waals surface area contributed by atoms with E-state index in [-0.39, 0.29) is 5.91 Å². The number of nitrogens with zero attached hydrogens (tertiary/aromatic N) is 3. The molecule has 2 aromatic carbocycles. The van der Waals surface area contributed by atoms with E-state index >= 15 is 0 Å². The Morgan fingerprint density at radius 1 is 1.00 bits per heavy atom. The summed E-state index contributed by atoms with van der Waals surface area (Å²) in [5, 5.41) is 10.8. The normalized spacial score (nSPS) is 13.4. The Morgan fingerprint density at radius 2 is 1.79 bits per heavy atom. The van der Waals surface area contributed by atoms with Gasteiger partial charge in [-0.3, -0.25) is 4.79 Å². The fourth-order valence-corrected chi connectivity index (χ4v) is 2.78. The minimum Gasteiger partial charge on any atom is -0.457 e. The molecule has 0 atom stereocenters. The Balaban J connectivity index is 1.52. The number of para-hydroxylation sites is 1. The molecule has 0 saturated heterocycles. The number of rotatable bonds is 3. The van der Waals surface area contributed by atoms with Gasteiger partial charge in [0, 0.05) is 18.5 Å². The Morgan fingerprint density at radius 3 is 2.67 bits per heavy atom. The summed E-state index contributed by atoms with van der Waals surface area (Å²) >= 11 is 0. The molecular formula is C18H16N4O2. The number of fused-ring (bicyclic) bond motifs is 1.